The van der Waals surface area contributed by atoms with Crippen LogP contribution in [-0.4, -0.2) is 28.7 Å². The number of rotatable bonds is 2. The van der Waals surface area contributed by atoms with Gasteiger partial charge in [-0.15, -0.1) is 11.3 Å². The summed E-state index contributed by atoms with van der Waals surface area (Å²) < 4.78 is 1.90. The minimum Gasteiger partial charge on any atom is -0.335 e. The van der Waals surface area contributed by atoms with Gasteiger partial charge in [0.05, 0.1) is 13.1 Å². The Morgan fingerprint density at radius 2 is 2.24 bits per heavy atom. The molecule has 2 nitrogen and oxygen atoms in total. The largest absolute Gasteiger partial charge is 0.335 e. The van der Waals surface area contributed by atoms with Crippen LogP contribution < -0.4 is 0 Å². The van der Waals surface area contributed by atoms with Gasteiger partial charge in [-0.05, 0) is 57.2 Å². The maximum absolute atomic E-state index is 12.5. The summed E-state index contributed by atoms with van der Waals surface area (Å²) in [7, 11) is 0. The molecule has 2 rings (SSSR count). The number of hydrogen-bond donors (Lipinski definition) is 0. The third-order valence-corrected chi connectivity index (χ3v) is 6.04. The van der Waals surface area contributed by atoms with Crippen molar-refractivity contribution in [3.05, 3.63) is 19.2 Å². The number of alkyl halides is 1. The summed E-state index contributed by atoms with van der Waals surface area (Å²) in [6.45, 7) is 0.870. The highest BCUT2D eigenvalue weighted by Gasteiger charge is 2.28. The summed E-state index contributed by atoms with van der Waals surface area (Å²) in [4.78, 5) is 14.5. The summed E-state index contributed by atoms with van der Waals surface area (Å²) in [5.41, 5.74) is 0.773. The van der Waals surface area contributed by atoms with Crippen molar-refractivity contribution in [1.29, 1.82) is 0 Å². The molecule has 1 fully saturated rings. The van der Waals surface area contributed by atoms with Crippen LogP contribution in [0.15, 0.2) is 13.6 Å². The predicted octanol–water partition coefficient (Wildman–Crippen LogP) is 4.66. The molecule has 1 aliphatic heterocycles. The highest BCUT2D eigenvalue weighted by Crippen LogP contribution is 2.33. The lowest BCUT2D eigenvalue weighted by Crippen LogP contribution is -2.44. The average Bonchev–Trinajstić information content (AvgIpc) is 2.67. The van der Waals surface area contributed by atoms with Crippen molar-refractivity contribution < 1.29 is 4.79 Å². The summed E-state index contributed by atoms with van der Waals surface area (Å²) in [5.74, 6) is 0.142. The van der Waals surface area contributed by atoms with Crippen LogP contribution in [0.4, 0.5) is 0 Å². The van der Waals surface area contributed by atoms with Crippen molar-refractivity contribution in [1.82, 2.24) is 4.90 Å². The van der Waals surface area contributed by atoms with Gasteiger partial charge in [0.2, 0.25) is 0 Å². The molecule has 0 saturated carbocycles. The van der Waals surface area contributed by atoms with Crippen molar-refractivity contribution in [3.63, 3.8) is 0 Å². The number of piperidine rings is 1. The molecule has 94 valence electrons. The first-order chi connectivity index (χ1) is 8.13. The smallest absolute Gasteiger partial charge is 0.256 e. The van der Waals surface area contributed by atoms with Crippen molar-refractivity contribution in [2.75, 3.05) is 11.9 Å². The lowest BCUT2D eigenvalue weighted by Gasteiger charge is -2.34. The Morgan fingerprint density at radius 3 is 2.82 bits per heavy atom. The molecule has 0 aliphatic carbocycles. The van der Waals surface area contributed by atoms with E-state index in [4.69, 9.17) is 0 Å². The first-order valence-electron chi connectivity index (χ1n) is 5.45. The van der Waals surface area contributed by atoms with Gasteiger partial charge in [-0.2, -0.15) is 0 Å². The van der Waals surface area contributed by atoms with Crippen LogP contribution in [0, 0.1) is 0 Å². The Kier molecular flexibility index (Phi) is 5.09. The van der Waals surface area contributed by atoms with E-state index in [-0.39, 0.29) is 5.91 Å². The number of halogens is 3. The summed E-state index contributed by atoms with van der Waals surface area (Å²) >= 11 is 11.9. The summed E-state index contributed by atoms with van der Waals surface area (Å²) in [5, 5.41) is 0.863. The van der Waals surface area contributed by atoms with Crippen LogP contribution in [-0.2, 0) is 0 Å². The molecule has 0 N–H and O–H groups in total. The van der Waals surface area contributed by atoms with Gasteiger partial charge in [0.25, 0.3) is 5.91 Å². The van der Waals surface area contributed by atoms with E-state index < -0.39 is 0 Å². The normalized spacial score (nSPS) is 20.6. The van der Waals surface area contributed by atoms with Gasteiger partial charge in [-0.1, -0.05) is 15.9 Å². The fourth-order valence-corrected chi connectivity index (χ4v) is 5.52. The van der Waals surface area contributed by atoms with Crippen molar-refractivity contribution in [3.8, 4) is 0 Å². The van der Waals surface area contributed by atoms with E-state index in [9.17, 15) is 4.79 Å². The molecule has 6 heteroatoms. The quantitative estimate of drug-likeness (QED) is 0.606. The Labute approximate surface area is 130 Å². The summed E-state index contributed by atoms with van der Waals surface area (Å²) in [6, 6.07) is 2.23. The van der Waals surface area contributed by atoms with Gasteiger partial charge >= 0.3 is 0 Å². The van der Waals surface area contributed by atoms with Gasteiger partial charge in [0.1, 0.15) is 0 Å². The molecule has 0 spiro atoms. The number of nitrogens with zero attached hydrogens (tertiary/aromatic N) is 1. The molecule has 0 radical (unpaired) electrons. The number of carbonyl (C=O) groups excluding carboxylic acids is 1. The van der Waals surface area contributed by atoms with Crippen molar-refractivity contribution in [2.24, 2.45) is 0 Å². The van der Waals surface area contributed by atoms with Crippen molar-refractivity contribution >= 4 is 65.0 Å². The van der Waals surface area contributed by atoms with Gasteiger partial charge < -0.3 is 4.90 Å². The lowest BCUT2D eigenvalue weighted by molar-refractivity contribution is 0.0641. The molecule has 17 heavy (non-hydrogen) atoms. The Balaban J connectivity index is 2.21. The van der Waals surface area contributed by atoms with E-state index in [2.05, 4.69) is 47.8 Å². The lowest BCUT2D eigenvalue weighted by atomic mass is 10.0. The first kappa shape index (κ1) is 14.0. The van der Waals surface area contributed by atoms with Crippen LogP contribution in [0.2, 0.25) is 0 Å². The zero-order valence-electron chi connectivity index (χ0n) is 9.09. The Hall–Kier alpha value is 0.610. The standard InChI is InChI=1S/C11H12Br3NOS/c12-6-7-3-1-2-4-15(7)11(16)8-5-9(13)17-10(8)14/h5,7H,1-4,6H2. The van der Waals surface area contributed by atoms with Crippen LogP contribution >= 0.6 is 59.1 Å². The van der Waals surface area contributed by atoms with Gasteiger partial charge in [0, 0.05) is 17.9 Å². The average molecular weight is 446 g/mol. The Bertz CT molecular complexity index is 421. The molecule has 1 amide bonds. The highest BCUT2D eigenvalue weighted by atomic mass is 79.9. The second kappa shape index (κ2) is 6.17. The number of likely N-dealkylation sites (tertiary alicyclic amines) is 1. The third kappa shape index (κ3) is 3.14. The monoisotopic (exact) mass is 443 g/mol. The molecule has 2 heterocycles. The molecule has 1 saturated heterocycles. The van der Waals surface area contributed by atoms with Gasteiger partial charge in [-0.3, -0.25) is 4.79 Å². The third-order valence-electron chi connectivity index (χ3n) is 2.95. The van der Waals surface area contributed by atoms with E-state index in [1.165, 1.54) is 6.42 Å². The molecular formula is C11H12Br3NOS. The molecule has 1 unspecified atom stereocenters. The van der Waals surface area contributed by atoms with Crippen LogP contribution in [0.3, 0.4) is 0 Å². The molecule has 1 atom stereocenters. The van der Waals surface area contributed by atoms with Crippen molar-refractivity contribution in [2.45, 2.75) is 25.3 Å². The maximum atomic E-state index is 12.5. The second-order valence-electron chi connectivity index (χ2n) is 4.04. The van der Waals surface area contributed by atoms with E-state index in [0.717, 1.165) is 37.9 Å². The zero-order chi connectivity index (χ0) is 12.4. The minimum absolute atomic E-state index is 0.142. The van der Waals surface area contributed by atoms with Gasteiger partial charge in [0.15, 0.2) is 0 Å². The number of thiophene rings is 1. The maximum Gasteiger partial charge on any atom is 0.256 e. The van der Waals surface area contributed by atoms with E-state index in [1.54, 1.807) is 11.3 Å². The molecule has 0 aromatic carbocycles. The second-order valence-corrected chi connectivity index (χ2v) is 8.44. The SMILES string of the molecule is O=C(c1cc(Br)sc1Br)N1CCCCC1CBr. The molecular weight excluding hydrogens is 434 g/mol. The highest BCUT2D eigenvalue weighted by molar-refractivity contribution is 9.12. The van der Waals surface area contributed by atoms with E-state index in [1.807, 2.05) is 11.0 Å². The van der Waals surface area contributed by atoms with Crippen LogP contribution in [0.1, 0.15) is 29.6 Å². The number of carbonyl (C=O) groups is 1. The van der Waals surface area contributed by atoms with Crippen LogP contribution in [0.25, 0.3) is 0 Å². The van der Waals surface area contributed by atoms with Crippen LogP contribution in [0.5, 0.6) is 0 Å². The fourth-order valence-electron chi connectivity index (χ4n) is 2.07. The molecule has 1 aromatic heterocycles. The molecule has 1 aliphatic rings. The fraction of sp³-hybridized carbons (Fsp3) is 0.545. The first-order valence-corrected chi connectivity index (χ1v) is 8.97. The minimum atomic E-state index is 0.142. The van der Waals surface area contributed by atoms with E-state index >= 15 is 0 Å². The molecule has 1 aromatic rings. The zero-order valence-corrected chi connectivity index (χ0v) is 14.7. The molecule has 0 bridgehead atoms. The number of hydrogen-bond acceptors (Lipinski definition) is 2. The number of amides is 1. The predicted molar refractivity (Wildman–Crippen MR) is 82.2 cm³/mol. The van der Waals surface area contributed by atoms with Gasteiger partial charge in [-0.25, -0.2) is 0 Å². The summed E-state index contributed by atoms with van der Waals surface area (Å²) in [6.07, 6.45) is 3.42. The van der Waals surface area contributed by atoms with E-state index in [0.29, 0.717) is 6.04 Å². The Morgan fingerprint density at radius 1 is 1.47 bits per heavy atom. The topological polar surface area (TPSA) is 20.3 Å².